The molecule has 4 nitrogen and oxygen atoms in total. The number of nitrogens with one attached hydrogen (secondary N) is 1. The van der Waals surface area contributed by atoms with Crippen LogP contribution in [-0.4, -0.2) is 19.6 Å². The van der Waals surface area contributed by atoms with Gasteiger partial charge in [0.25, 0.3) is 0 Å². The van der Waals surface area contributed by atoms with E-state index in [4.69, 9.17) is 10.5 Å². The van der Waals surface area contributed by atoms with Crippen molar-refractivity contribution in [1.29, 1.82) is 0 Å². The number of nitrogens with two attached hydrogens (primary N) is 1. The molecule has 1 unspecified atom stereocenters. The van der Waals surface area contributed by atoms with Crippen LogP contribution >= 0.6 is 0 Å². The van der Waals surface area contributed by atoms with E-state index in [1.54, 1.807) is 7.05 Å². The quantitative estimate of drug-likeness (QED) is 0.727. The Hall–Kier alpha value is -1.55. The second kappa shape index (κ2) is 7.71. The summed E-state index contributed by atoms with van der Waals surface area (Å²) in [5.74, 6) is 0.863. The molecular formula is C14H22N2O2. The van der Waals surface area contributed by atoms with Gasteiger partial charge in [-0.1, -0.05) is 19.1 Å². The molecule has 0 aliphatic rings. The standard InChI is InChI=1S/C14H22N2O2/c1-3-13(15)11-6-8-12(9-7-11)18-10-4-5-14(17)16-2/h6-9,13H,3-5,10,15H2,1-2H3,(H,16,17). The van der Waals surface area contributed by atoms with Gasteiger partial charge in [-0.2, -0.15) is 0 Å². The van der Waals surface area contributed by atoms with E-state index in [0.717, 1.165) is 24.2 Å². The van der Waals surface area contributed by atoms with Gasteiger partial charge in [0.15, 0.2) is 0 Å². The number of amides is 1. The summed E-state index contributed by atoms with van der Waals surface area (Å²) in [4.78, 5) is 11.0. The fourth-order valence-corrected chi connectivity index (χ4v) is 1.59. The highest BCUT2D eigenvalue weighted by Crippen LogP contribution is 2.18. The zero-order valence-corrected chi connectivity index (χ0v) is 11.1. The predicted octanol–water partition coefficient (Wildman–Crippen LogP) is 2.00. The first-order valence-electron chi connectivity index (χ1n) is 6.36. The maximum Gasteiger partial charge on any atom is 0.219 e. The van der Waals surface area contributed by atoms with Crippen LogP contribution in [0.25, 0.3) is 0 Å². The Labute approximate surface area is 109 Å². The lowest BCUT2D eigenvalue weighted by Gasteiger charge is -2.10. The van der Waals surface area contributed by atoms with Gasteiger partial charge in [0.2, 0.25) is 5.91 Å². The second-order valence-electron chi connectivity index (χ2n) is 4.21. The van der Waals surface area contributed by atoms with Crippen molar-refractivity contribution in [3.63, 3.8) is 0 Å². The van der Waals surface area contributed by atoms with Gasteiger partial charge in [0.1, 0.15) is 5.75 Å². The van der Waals surface area contributed by atoms with Gasteiger partial charge in [-0.25, -0.2) is 0 Å². The molecule has 0 heterocycles. The molecule has 1 aromatic rings. The summed E-state index contributed by atoms with van der Waals surface area (Å²) in [6.45, 7) is 2.61. The monoisotopic (exact) mass is 250 g/mol. The number of benzene rings is 1. The van der Waals surface area contributed by atoms with Crippen molar-refractivity contribution in [2.24, 2.45) is 5.73 Å². The summed E-state index contributed by atoms with van der Waals surface area (Å²) in [5, 5.41) is 2.58. The van der Waals surface area contributed by atoms with Gasteiger partial charge in [0.05, 0.1) is 6.61 Å². The van der Waals surface area contributed by atoms with Crippen LogP contribution in [0.2, 0.25) is 0 Å². The lowest BCUT2D eigenvalue weighted by Crippen LogP contribution is -2.18. The number of rotatable bonds is 7. The number of carbonyl (C=O) groups excluding carboxylic acids is 1. The number of carbonyl (C=O) groups is 1. The Morgan fingerprint density at radius 2 is 2.06 bits per heavy atom. The molecule has 0 saturated heterocycles. The third kappa shape index (κ3) is 4.75. The molecule has 0 saturated carbocycles. The number of ether oxygens (including phenoxy) is 1. The summed E-state index contributed by atoms with van der Waals surface area (Å²) in [5.41, 5.74) is 7.05. The molecule has 4 heteroatoms. The molecular weight excluding hydrogens is 228 g/mol. The van der Waals surface area contributed by atoms with Crippen LogP contribution in [0.3, 0.4) is 0 Å². The molecule has 0 bridgehead atoms. The third-order valence-corrected chi connectivity index (χ3v) is 2.84. The normalized spacial score (nSPS) is 11.9. The van der Waals surface area contributed by atoms with Gasteiger partial charge < -0.3 is 15.8 Å². The molecule has 1 atom stereocenters. The molecule has 0 aromatic heterocycles. The molecule has 1 aromatic carbocycles. The number of hydrogen-bond donors (Lipinski definition) is 2. The van der Waals surface area contributed by atoms with E-state index in [9.17, 15) is 4.79 Å². The average molecular weight is 250 g/mol. The SMILES string of the molecule is CCC(N)c1ccc(OCCCC(=O)NC)cc1. The van der Waals surface area contributed by atoms with Crippen LogP contribution in [-0.2, 0) is 4.79 Å². The smallest absolute Gasteiger partial charge is 0.219 e. The minimum atomic E-state index is 0.0443. The third-order valence-electron chi connectivity index (χ3n) is 2.84. The zero-order chi connectivity index (χ0) is 13.4. The molecule has 0 spiro atoms. The van der Waals surface area contributed by atoms with Crippen molar-refractivity contribution in [2.75, 3.05) is 13.7 Å². The number of hydrogen-bond acceptors (Lipinski definition) is 3. The summed E-state index contributed by atoms with van der Waals surface area (Å²) < 4.78 is 5.55. The average Bonchev–Trinajstić information content (AvgIpc) is 2.43. The minimum Gasteiger partial charge on any atom is -0.494 e. The molecule has 0 fully saturated rings. The fraction of sp³-hybridized carbons (Fsp3) is 0.500. The van der Waals surface area contributed by atoms with Gasteiger partial charge in [-0.3, -0.25) is 4.79 Å². The Morgan fingerprint density at radius 1 is 1.39 bits per heavy atom. The maximum atomic E-state index is 11.0. The van der Waals surface area contributed by atoms with Crippen LogP contribution in [0.15, 0.2) is 24.3 Å². The molecule has 0 aliphatic heterocycles. The maximum absolute atomic E-state index is 11.0. The first-order valence-corrected chi connectivity index (χ1v) is 6.36. The molecule has 0 radical (unpaired) electrons. The molecule has 100 valence electrons. The first-order chi connectivity index (χ1) is 8.67. The Bertz CT molecular complexity index is 363. The highest BCUT2D eigenvalue weighted by atomic mass is 16.5. The highest BCUT2D eigenvalue weighted by Gasteiger charge is 2.03. The van der Waals surface area contributed by atoms with E-state index < -0.39 is 0 Å². The van der Waals surface area contributed by atoms with Crippen LogP contribution in [0, 0.1) is 0 Å². The van der Waals surface area contributed by atoms with E-state index in [1.165, 1.54) is 0 Å². The van der Waals surface area contributed by atoms with E-state index in [-0.39, 0.29) is 11.9 Å². The molecule has 3 N–H and O–H groups in total. The van der Waals surface area contributed by atoms with Crippen molar-refractivity contribution in [3.8, 4) is 5.75 Å². The highest BCUT2D eigenvalue weighted by molar-refractivity contribution is 5.75. The van der Waals surface area contributed by atoms with E-state index in [2.05, 4.69) is 12.2 Å². The van der Waals surface area contributed by atoms with E-state index >= 15 is 0 Å². The minimum absolute atomic E-state index is 0.0443. The molecule has 1 rings (SSSR count). The lowest BCUT2D eigenvalue weighted by molar-refractivity contribution is -0.120. The summed E-state index contributed by atoms with van der Waals surface area (Å²) in [7, 11) is 1.64. The van der Waals surface area contributed by atoms with Crippen molar-refractivity contribution in [3.05, 3.63) is 29.8 Å². The van der Waals surface area contributed by atoms with Crippen LogP contribution in [0.1, 0.15) is 37.8 Å². The van der Waals surface area contributed by atoms with Crippen molar-refractivity contribution >= 4 is 5.91 Å². The van der Waals surface area contributed by atoms with Crippen molar-refractivity contribution in [2.45, 2.75) is 32.2 Å². The van der Waals surface area contributed by atoms with Crippen LogP contribution in [0.4, 0.5) is 0 Å². The van der Waals surface area contributed by atoms with Crippen LogP contribution < -0.4 is 15.8 Å². The summed E-state index contributed by atoms with van der Waals surface area (Å²) in [6.07, 6.45) is 2.14. The van der Waals surface area contributed by atoms with E-state index in [1.807, 2.05) is 24.3 Å². The van der Waals surface area contributed by atoms with Crippen molar-refractivity contribution in [1.82, 2.24) is 5.32 Å². The van der Waals surface area contributed by atoms with Crippen molar-refractivity contribution < 1.29 is 9.53 Å². The van der Waals surface area contributed by atoms with Gasteiger partial charge in [-0.15, -0.1) is 0 Å². The molecule has 18 heavy (non-hydrogen) atoms. The topological polar surface area (TPSA) is 64.3 Å². The molecule has 0 aliphatic carbocycles. The summed E-state index contributed by atoms with van der Waals surface area (Å²) in [6, 6.07) is 7.91. The Balaban J connectivity index is 2.33. The van der Waals surface area contributed by atoms with Gasteiger partial charge in [-0.05, 0) is 30.5 Å². The summed E-state index contributed by atoms with van der Waals surface area (Å²) >= 11 is 0. The van der Waals surface area contributed by atoms with Crippen LogP contribution in [0.5, 0.6) is 5.75 Å². The first kappa shape index (κ1) is 14.5. The second-order valence-corrected chi connectivity index (χ2v) is 4.21. The van der Waals surface area contributed by atoms with E-state index in [0.29, 0.717) is 13.0 Å². The zero-order valence-electron chi connectivity index (χ0n) is 11.1. The Kier molecular flexibility index (Phi) is 6.22. The molecule has 1 amide bonds. The largest absolute Gasteiger partial charge is 0.494 e. The lowest BCUT2D eigenvalue weighted by atomic mass is 10.1. The Morgan fingerprint density at radius 3 is 2.61 bits per heavy atom. The fourth-order valence-electron chi connectivity index (χ4n) is 1.59. The van der Waals surface area contributed by atoms with Gasteiger partial charge >= 0.3 is 0 Å². The predicted molar refractivity (Wildman–Crippen MR) is 72.5 cm³/mol. The van der Waals surface area contributed by atoms with Gasteiger partial charge in [0, 0.05) is 19.5 Å².